The van der Waals surface area contributed by atoms with E-state index in [9.17, 15) is 9.50 Å². The second-order valence-corrected chi connectivity index (χ2v) is 3.88. The standard InChI is InChI=1S/C13H7ClFNO/c14-12-6-13(17)11(5-9(12)7-16)8-1-3-10(15)4-2-8/h1-6,17H. The second-order valence-electron chi connectivity index (χ2n) is 3.47. The fraction of sp³-hybridized carbons (Fsp3) is 0. The van der Waals surface area contributed by atoms with Crippen LogP contribution >= 0.6 is 11.6 Å². The number of nitrogens with zero attached hydrogens (tertiary/aromatic N) is 1. The van der Waals surface area contributed by atoms with Crippen LogP contribution in [-0.2, 0) is 0 Å². The molecule has 2 aromatic carbocycles. The summed E-state index contributed by atoms with van der Waals surface area (Å²) in [5.41, 5.74) is 1.34. The van der Waals surface area contributed by atoms with Gasteiger partial charge >= 0.3 is 0 Å². The molecule has 84 valence electrons. The van der Waals surface area contributed by atoms with Crippen LogP contribution < -0.4 is 0 Å². The van der Waals surface area contributed by atoms with Gasteiger partial charge in [0.2, 0.25) is 0 Å². The first kappa shape index (κ1) is 11.4. The van der Waals surface area contributed by atoms with Gasteiger partial charge in [-0.05, 0) is 23.8 Å². The van der Waals surface area contributed by atoms with Crippen LogP contribution in [0.3, 0.4) is 0 Å². The molecule has 0 heterocycles. The molecule has 0 fully saturated rings. The summed E-state index contributed by atoms with van der Waals surface area (Å²) in [6.07, 6.45) is 0. The molecule has 2 rings (SSSR count). The molecule has 0 aromatic heterocycles. The van der Waals surface area contributed by atoms with Crippen molar-refractivity contribution >= 4 is 11.6 Å². The summed E-state index contributed by atoms with van der Waals surface area (Å²) in [5.74, 6) is -0.400. The third-order valence-corrected chi connectivity index (χ3v) is 2.67. The van der Waals surface area contributed by atoms with Crippen LogP contribution in [0, 0.1) is 17.1 Å². The molecule has 0 saturated carbocycles. The lowest BCUT2D eigenvalue weighted by Crippen LogP contribution is -1.84. The predicted octanol–water partition coefficient (Wildman–Crippen LogP) is 3.72. The lowest BCUT2D eigenvalue weighted by molar-refractivity contribution is 0.477. The van der Waals surface area contributed by atoms with Crippen molar-refractivity contribution in [2.75, 3.05) is 0 Å². The minimum Gasteiger partial charge on any atom is -0.507 e. The SMILES string of the molecule is N#Cc1cc(-c2ccc(F)cc2)c(O)cc1Cl. The van der Waals surface area contributed by atoms with Crippen LogP contribution in [0.1, 0.15) is 5.56 Å². The van der Waals surface area contributed by atoms with E-state index < -0.39 is 0 Å². The number of phenolic OH excluding ortho intramolecular Hbond substituents is 1. The first-order chi connectivity index (χ1) is 8.11. The quantitative estimate of drug-likeness (QED) is 0.835. The van der Waals surface area contributed by atoms with Crippen molar-refractivity contribution in [1.82, 2.24) is 0 Å². The van der Waals surface area contributed by atoms with Gasteiger partial charge in [-0.1, -0.05) is 23.7 Å². The highest BCUT2D eigenvalue weighted by Crippen LogP contribution is 2.33. The van der Waals surface area contributed by atoms with Gasteiger partial charge in [0.05, 0.1) is 10.6 Å². The summed E-state index contributed by atoms with van der Waals surface area (Å²) in [5, 5.41) is 18.8. The minimum atomic E-state index is -0.359. The van der Waals surface area contributed by atoms with Crippen LogP contribution in [-0.4, -0.2) is 5.11 Å². The van der Waals surface area contributed by atoms with E-state index in [0.29, 0.717) is 11.1 Å². The zero-order valence-corrected chi connectivity index (χ0v) is 9.37. The van der Waals surface area contributed by atoms with Crippen molar-refractivity contribution < 1.29 is 9.50 Å². The fourth-order valence-corrected chi connectivity index (χ4v) is 1.71. The van der Waals surface area contributed by atoms with Crippen molar-refractivity contribution in [3.05, 3.63) is 52.8 Å². The first-order valence-electron chi connectivity index (χ1n) is 4.80. The molecule has 0 amide bonds. The Kier molecular flexibility index (Phi) is 2.99. The summed E-state index contributed by atoms with van der Waals surface area (Å²) in [7, 11) is 0. The average molecular weight is 248 g/mol. The highest BCUT2D eigenvalue weighted by Gasteiger charge is 2.09. The van der Waals surface area contributed by atoms with Gasteiger partial charge in [-0.15, -0.1) is 0 Å². The van der Waals surface area contributed by atoms with Crippen molar-refractivity contribution in [2.24, 2.45) is 0 Å². The summed E-state index contributed by atoms with van der Waals surface area (Å²) in [6.45, 7) is 0. The van der Waals surface area contributed by atoms with Gasteiger partial charge in [-0.3, -0.25) is 0 Å². The maximum atomic E-state index is 12.8. The summed E-state index contributed by atoms with van der Waals surface area (Å²) in [4.78, 5) is 0. The monoisotopic (exact) mass is 247 g/mol. The second kappa shape index (κ2) is 4.44. The smallest absolute Gasteiger partial charge is 0.124 e. The molecular weight excluding hydrogens is 241 g/mol. The molecule has 1 N–H and O–H groups in total. The third-order valence-electron chi connectivity index (χ3n) is 2.36. The van der Waals surface area contributed by atoms with Crippen LogP contribution in [0.25, 0.3) is 11.1 Å². The van der Waals surface area contributed by atoms with Crippen molar-refractivity contribution in [3.8, 4) is 22.9 Å². The van der Waals surface area contributed by atoms with Gasteiger partial charge in [-0.25, -0.2) is 4.39 Å². The predicted molar refractivity (Wildman–Crippen MR) is 63.2 cm³/mol. The Bertz CT molecular complexity index is 602. The van der Waals surface area contributed by atoms with Crippen LogP contribution in [0.5, 0.6) is 5.75 Å². The van der Waals surface area contributed by atoms with Crippen LogP contribution in [0.2, 0.25) is 5.02 Å². The fourth-order valence-electron chi connectivity index (χ4n) is 1.51. The Morgan fingerprint density at radius 1 is 1.18 bits per heavy atom. The zero-order valence-electron chi connectivity index (χ0n) is 8.61. The third kappa shape index (κ3) is 2.22. The van der Waals surface area contributed by atoms with Gasteiger partial charge in [0, 0.05) is 11.6 Å². The molecule has 0 saturated heterocycles. The summed E-state index contributed by atoms with van der Waals surface area (Å²) < 4.78 is 12.8. The van der Waals surface area contributed by atoms with E-state index in [4.69, 9.17) is 16.9 Å². The molecular formula is C13H7ClFNO. The Balaban J connectivity index is 2.60. The zero-order chi connectivity index (χ0) is 12.4. The highest BCUT2D eigenvalue weighted by atomic mass is 35.5. The van der Waals surface area contributed by atoms with Crippen molar-refractivity contribution in [2.45, 2.75) is 0 Å². The molecule has 0 aliphatic heterocycles. The minimum absolute atomic E-state index is 0.0411. The molecule has 0 unspecified atom stereocenters. The molecule has 2 nitrogen and oxygen atoms in total. The molecule has 0 aliphatic rings. The topological polar surface area (TPSA) is 44.0 Å². The molecule has 17 heavy (non-hydrogen) atoms. The van der Waals surface area contributed by atoms with Gasteiger partial charge in [0.25, 0.3) is 0 Å². The maximum absolute atomic E-state index is 12.8. The number of aromatic hydroxyl groups is 1. The van der Waals surface area contributed by atoms with Gasteiger partial charge in [0.1, 0.15) is 17.6 Å². The van der Waals surface area contributed by atoms with Gasteiger partial charge < -0.3 is 5.11 Å². The Morgan fingerprint density at radius 3 is 2.41 bits per heavy atom. The van der Waals surface area contributed by atoms with E-state index in [-0.39, 0.29) is 22.2 Å². The molecule has 0 aliphatic carbocycles. The molecule has 2 aromatic rings. The van der Waals surface area contributed by atoms with Crippen molar-refractivity contribution in [1.29, 1.82) is 5.26 Å². The molecule has 0 atom stereocenters. The largest absolute Gasteiger partial charge is 0.507 e. The number of benzene rings is 2. The number of rotatable bonds is 1. The number of nitriles is 1. The first-order valence-corrected chi connectivity index (χ1v) is 5.18. The van der Waals surface area contributed by atoms with E-state index >= 15 is 0 Å². The number of hydrogen-bond donors (Lipinski definition) is 1. The van der Waals surface area contributed by atoms with Gasteiger partial charge in [0.15, 0.2) is 0 Å². The van der Waals surface area contributed by atoms with Crippen molar-refractivity contribution in [3.63, 3.8) is 0 Å². The number of phenols is 1. The molecule has 4 heteroatoms. The van der Waals surface area contributed by atoms with Crippen LogP contribution in [0.15, 0.2) is 36.4 Å². The number of hydrogen-bond acceptors (Lipinski definition) is 2. The van der Waals surface area contributed by atoms with Crippen LogP contribution in [0.4, 0.5) is 4.39 Å². The summed E-state index contributed by atoms with van der Waals surface area (Å²) in [6, 6.07) is 10.3. The maximum Gasteiger partial charge on any atom is 0.124 e. The van der Waals surface area contributed by atoms with E-state index in [1.807, 2.05) is 6.07 Å². The van der Waals surface area contributed by atoms with E-state index in [1.165, 1.54) is 36.4 Å². The van der Waals surface area contributed by atoms with E-state index in [1.54, 1.807) is 0 Å². The lowest BCUT2D eigenvalue weighted by atomic mass is 10.0. The molecule has 0 spiro atoms. The molecule has 0 bridgehead atoms. The highest BCUT2D eigenvalue weighted by molar-refractivity contribution is 6.32. The Hall–Kier alpha value is -2.05. The molecule has 0 radical (unpaired) electrons. The Morgan fingerprint density at radius 2 is 1.82 bits per heavy atom. The lowest BCUT2D eigenvalue weighted by Gasteiger charge is -2.06. The van der Waals surface area contributed by atoms with E-state index in [2.05, 4.69) is 0 Å². The Labute approximate surface area is 103 Å². The summed E-state index contributed by atoms with van der Waals surface area (Å²) >= 11 is 5.77. The number of halogens is 2. The normalized spacial score (nSPS) is 9.94. The van der Waals surface area contributed by atoms with Gasteiger partial charge in [-0.2, -0.15) is 5.26 Å². The van der Waals surface area contributed by atoms with E-state index in [0.717, 1.165) is 0 Å². The average Bonchev–Trinajstić information content (AvgIpc) is 2.31.